The third kappa shape index (κ3) is 5.76. The largest absolute Gasteiger partial charge is 0.496 e. The summed E-state index contributed by atoms with van der Waals surface area (Å²) < 4.78 is 13.9. The molecule has 1 atom stereocenters. The quantitative estimate of drug-likeness (QED) is 0.226. The number of aryl methyl sites for hydroxylation is 1. The molecule has 9 heteroatoms. The molecule has 0 saturated carbocycles. The molecule has 1 aliphatic rings. The van der Waals surface area contributed by atoms with Gasteiger partial charge in [0.1, 0.15) is 24.1 Å². The number of nitrogens with one attached hydrogen (secondary N) is 1. The van der Waals surface area contributed by atoms with Crippen LogP contribution in [0.2, 0.25) is 0 Å². The van der Waals surface area contributed by atoms with Gasteiger partial charge >= 0.3 is 0 Å². The first kappa shape index (κ1) is 29.3. The zero-order valence-corrected chi connectivity index (χ0v) is 26.4. The van der Waals surface area contributed by atoms with Crippen LogP contribution in [-0.4, -0.2) is 17.6 Å². The summed E-state index contributed by atoms with van der Waals surface area (Å²) in [6.07, 6.45) is 1.86. The second-order valence-electron chi connectivity index (χ2n) is 10.5. The first-order valence-electron chi connectivity index (χ1n) is 14.1. The SMILES string of the molecule is COc1ccc(C=c2sc3n(c2=O)C(c2cccs2)C(C(=O)Nc2ccccc2)=C(C)N=3)cc1COc1cccc(C)c1C. The minimum absolute atomic E-state index is 0.200. The number of carbonyl (C=O) groups excluding carboxylic acids is 1. The number of hydrogen-bond acceptors (Lipinski definition) is 7. The maximum Gasteiger partial charge on any atom is 0.271 e. The molecule has 1 N–H and O–H groups in total. The smallest absolute Gasteiger partial charge is 0.271 e. The molecule has 3 heterocycles. The second-order valence-corrected chi connectivity index (χ2v) is 12.5. The number of amides is 1. The van der Waals surface area contributed by atoms with Gasteiger partial charge in [-0.1, -0.05) is 53.8 Å². The van der Waals surface area contributed by atoms with Gasteiger partial charge < -0.3 is 14.8 Å². The fourth-order valence-electron chi connectivity index (χ4n) is 5.24. The number of hydrogen-bond donors (Lipinski definition) is 1. The number of allylic oxidation sites excluding steroid dienone is 1. The van der Waals surface area contributed by atoms with E-state index in [0.29, 0.717) is 38.6 Å². The number of carbonyl (C=O) groups is 1. The summed E-state index contributed by atoms with van der Waals surface area (Å²) in [4.78, 5) is 33.9. The molecule has 1 aliphatic heterocycles. The lowest BCUT2D eigenvalue weighted by Gasteiger charge is -2.24. The first-order chi connectivity index (χ1) is 21.3. The Morgan fingerprint density at radius 1 is 1.00 bits per heavy atom. The molecule has 7 nitrogen and oxygen atoms in total. The predicted molar refractivity (Wildman–Crippen MR) is 176 cm³/mol. The maximum absolute atomic E-state index is 14.0. The van der Waals surface area contributed by atoms with E-state index in [1.165, 1.54) is 22.7 Å². The van der Waals surface area contributed by atoms with Crippen LogP contribution in [0.3, 0.4) is 0 Å². The van der Waals surface area contributed by atoms with E-state index in [4.69, 9.17) is 14.5 Å². The summed E-state index contributed by atoms with van der Waals surface area (Å²) >= 11 is 2.82. The number of aromatic nitrogens is 1. The molecule has 0 aliphatic carbocycles. The highest BCUT2D eigenvalue weighted by Gasteiger charge is 2.33. The highest BCUT2D eigenvalue weighted by atomic mass is 32.1. The Balaban J connectivity index is 1.38. The van der Waals surface area contributed by atoms with Crippen LogP contribution >= 0.6 is 22.7 Å². The van der Waals surface area contributed by atoms with Crippen LogP contribution < -0.4 is 29.7 Å². The summed E-state index contributed by atoms with van der Waals surface area (Å²) in [5, 5.41) is 4.93. The van der Waals surface area contributed by atoms with Crippen molar-refractivity contribution in [2.45, 2.75) is 33.4 Å². The Morgan fingerprint density at radius 3 is 2.57 bits per heavy atom. The zero-order chi connectivity index (χ0) is 30.8. The summed E-state index contributed by atoms with van der Waals surface area (Å²) in [5.41, 5.74) is 5.46. The summed E-state index contributed by atoms with van der Waals surface area (Å²) in [6.45, 7) is 6.24. The molecular formula is C35H31N3O4S2. The number of nitrogens with zero attached hydrogens (tertiary/aromatic N) is 2. The van der Waals surface area contributed by atoms with Crippen molar-refractivity contribution in [3.63, 3.8) is 0 Å². The van der Waals surface area contributed by atoms with E-state index in [1.54, 1.807) is 11.7 Å². The van der Waals surface area contributed by atoms with Crippen molar-refractivity contribution in [2.75, 3.05) is 12.4 Å². The summed E-state index contributed by atoms with van der Waals surface area (Å²) in [5.74, 6) is 1.24. The van der Waals surface area contributed by atoms with Crippen molar-refractivity contribution in [1.29, 1.82) is 0 Å². The first-order valence-corrected chi connectivity index (χ1v) is 15.8. The fraction of sp³-hybridized carbons (Fsp3) is 0.171. The molecule has 0 bridgehead atoms. The predicted octanol–water partition coefficient (Wildman–Crippen LogP) is 6.14. The lowest BCUT2D eigenvalue weighted by atomic mass is 10.0. The van der Waals surface area contributed by atoms with Gasteiger partial charge in [0.05, 0.1) is 22.9 Å². The van der Waals surface area contributed by atoms with Crippen LogP contribution in [0.4, 0.5) is 5.69 Å². The van der Waals surface area contributed by atoms with Crippen LogP contribution in [0.15, 0.2) is 105 Å². The van der Waals surface area contributed by atoms with Crippen LogP contribution in [0, 0.1) is 13.8 Å². The molecule has 3 aromatic carbocycles. The number of benzene rings is 3. The van der Waals surface area contributed by atoms with E-state index in [9.17, 15) is 9.59 Å². The minimum Gasteiger partial charge on any atom is -0.496 e. The van der Waals surface area contributed by atoms with Gasteiger partial charge in [0.15, 0.2) is 4.80 Å². The van der Waals surface area contributed by atoms with Crippen molar-refractivity contribution >= 4 is 40.3 Å². The van der Waals surface area contributed by atoms with E-state index >= 15 is 0 Å². The van der Waals surface area contributed by atoms with Gasteiger partial charge in [-0.3, -0.25) is 14.2 Å². The van der Waals surface area contributed by atoms with Crippen molar-refractivity contribution in [2.24, 2.45) is 4.99 Å². The minimum atomic E-state index is -0.588. The summed E-state index contributed by atoms with van der Waals surface area (Å²) in [6, 6.07) is 24.3. The molecule has 1 unspecified atom stereocenters. The molecule has 44 heavy (non-hydrogen) atoms. The molecule has 0 fully saturated rings. The molecule has 0 spiro atoms. The van der Waals surface area contributed by atoms with Gasteiger partial charge in [-0.25, -0.2) is 4.99 Å². The van der Waals surface area contributed by atoms with Gasteiger partial charge in [0.2, 0.25) is 0 Å². The summed E-state index contributed by atoms with van der Waals surface area (Å²) in [7, 11) is 1.63. The van der Waals surface area contributed by atoms with Gasteiger partial charge in [-0.15, -0.1) is 11.3 Å². The normalized spacial score (nSPS) is 14.6. The monoisotopic (exact) mass is 621 g/mol. The van der Waals surface area contributed by atoms with Gasteiger partial charge in [-0.2, -0.15) is 0 Å². The zero-order valence-electron chi connectivity index (χ0n) is 24.8. The number of fused-ring (bicyclic) bond motifs is 1. The van der Waals surface area contributed by atoms with Crippen molar-refractivity contribution in [3.05, 3.63) is 142 Å². The number of anilines is 1. The number of thiazole rings is 1. The number of rotatable bonds is 8. The lowest BCUT2D eigenvalue weighted by molar-refractivity contribution is -0.113. The molecule has 5 aromatic rings. The van der Waals surface area contributed by atoms with Gasteiger partial charge in [0.25, 0.3) is 11.5 Å². The fourth-order valence-corrected chi connectivity index (χ4v) is 7.11. The Kier molecular flexibility index (Phi) is 8.32. The average Bonchev–Trinajstić information content (AvgIpc) is 3.66. The molecule has 6 rings (SSSR count). The maximum atomic E-state index is 14.0. The number of para-hydroxylation sites is 1. The Hall–Kier alpha value is -4.73. The van der Waals surface area contributed by atoms with E-state index in [-0.39, 0.29) is 11.5 Å². The molecular weight excluding hydrogens is 591 g/mol. The third-order valence-electron chi connectivity index (χ3n) is 7.65. The molecule has 2 aromatic heterocycles. The highest BCUT2D eigenvalue weighted by Crippen LogP contribution is 2.33. The van der Waals surface area contributed by atoms with Crippen molar-refractivity contribution in [3.8, 4) is 11.5 Å². The standard InChI is InChI=1S/C35H31N3O4S2/c1-21-10-8-13-27(22(21)2)42-20-25-18-24(15-16-28(25)41-4)19-30-34(40)38-32(29-14-9-17-43-29)31(23(3)36-35(38)44-30)33(39)37-26-11-6-5-7-12-26/h5-19,32H,20H2,1-4H3,(H,37,39). The van der Waals surface area contributed by atoms with E-state index in [0.717, 1.165) is 32.9 Å². The number of ether oxygens (including phenoxy) is 2. The van der Waals surface area contributed by atoms with Crippen LogP contribution in [0.5, 0.6) is 11.5 Å². The van der Waals surface area contributed by atoms with E-state index in [1.807, 2.05) is 98.1 Å². The topological polar surface area (TPSA) is 81.9 Å². The number of thiophene rings is 1. The van der Waals surface area contributed by atoms with E-state index in [2.05, 4.69) is 18.3 Å². The van der Waals surface area contributed by atoms with E-state index < -0.39 is 6.04 Å². The van der Waals surface area contributed by atoms with Crippen molar-refractivity contribution in [1.82, 2.24) is 4.57 Å². The number of methoxy groups -OCH3 is 1. The van der Waals surface area contributed by atoms with Crippen molar-refractivity contribution < 1.29 is 14.3 Å². The third-order valence-corrected chi connectivity index (χ3v) is 9.56. The Morgan fingerprint density at radius 2 is 1.82 bits per heavy atom. The van der Waals surface area contributed by atoms with Crippen LogP contribution in [-0.2, 0) is 11.4 Å². The Bertz CT molecular complexity index is 2060. The lowest BCUT2D eigenvalue weighted by Crippen LogP contribution is -2.40. The highest BCUT2D eigenvalue weighted by molar-refractivity contribution is 7.10. The average molecular weight is 622 g/mol. The Labute approximate surface area is 263 Å². The second kappa shape index (κ2) is 12.5. The van der Waals surface area contributed by atoms with Gasteiger partial charge in [-0.05, 0) is 85.3 Å². The molecule has 1 amide bonds. The van der Waals surface area contributed by atoms with Crippen LogP contribution in [0.1, 0.15) is 40.1 Å². The molecule has 222 valence electrons. The van der Waals surface area contributed by atoms with Crippen LogP contribution in [0.25, 0.3) is 6.08 Å². The van der Waals surface area contributed by atoms with Gasteiger partial charge in [0, 0.05) is 16.1 Å². The molecule has 0 saturated heterocycles. The molecule has 0 radical (unpaired) electrons.